The van der Waals surface area contributed by atoms with Gasteiger partial charge in [0.05, 0.1) is 5.69 Å². The Bertz CT molecular complexity index is 1220. The fourth-order valence-corrected chi connectivity index (χ4v) is 5.18. The largest absolute Gasteiger partial charge is 0.311 e. The summed E-state index contributed by atoms with van der Waals surface area (Å²) in [6.07, 6.45) is 15.3. The van der Waals surface area contributed by atoms with Crippen LogP contribution in [-0.2, 0) is 11.3 Å². The predicted octanol–water partition coefficient (Wildman–Crippen LogP) is 3.78. The SMILES string of the molecule is Cc1ncc(C2C3=C(C=CC2C)N(C(=O)Cn2nc(C4=CCCCC4)ccc2=O)CC3)cn1. The van der Waals surface area contributed by atoms with Crippen LogP contribution in [-0.4, -0.2) is 37.1 Å². The van der Waals surface area contributed by atoms with Crippen molar-refractivity contribution < 1.29 is 4.79 Å². The predicted molar refractivity (Wildman–Crippen MR) is 126 cm³/mol. The number of carbonyl (C=O) groups is 1. The molecule has 5 rings (SSSR count). The Morgan fingerprint density at radius 3 is 2.73 bits per heavy atom. The quantitative estimate of drug-likeness (QED) is 0.718. The molecule has 33 heavy (non-hydrogen) atoms. The van der Waals surface area contributed by atoms with E-state index in [2.05, 4.69) is 40.2 Å². The van der Waals surface area contributed by atoms with E-state index in [1.165, 1.54) is 28.3 Å². The van der Waals surface area contributed by atoms with E-state index in [0.29, 0.717) is 12.5 Å². The van der Waals surface area contributed by atoms with Gasteiger partial charge in [0.2, 0.25) is 5.91 Å². The lowest BCUT2D eigenvalue weighted by molar-refractivity contribution is -0.129. The van der Waals surface area contributed by atoms with Gasteiger partial charge in [0, 0.05) is 36.6 Å². The van der Waals surface area contributed by atoms with E-state index in [-0.39, 0.29) is 23.9 Å². The second-order valence-electron chi connectivity index (χ2n) is 9.15. The molecule has 1 aliphatic heterocycles. The van der Waals surface area contributed by atoms with Crippen molar-refractivity contribution in [1.29, 1.82) is 0 Å². The summed E-state index contributed by atoms with van der Waals surface area (Å²) in [7, 11) is 0. The molecule has 2 aromatic rings. The molecule has 2 aliphatic carbocycles. The molecule has 1 amide bonds. The summed E-state index contributed by atoms with van der Waals surface area (Å²) in [5.74, 6) is 1.10. The van der Waals surface area contributed by atoms with Crippen LogP contribution in [0.5, 0.6) is 0 Å². The van der Waals surface area contributed by atoms with Crippen LogP contribution in [0.15, 0.2) is 58.8 Å². The maximum Gasteiger partial charge on any atom is 0.267 e. The van der Waals surface area contributed by atoms with Crippen molar-refractivity contribution in [3.8, 4) is 0 Å². The number of aryl methyl sites for hydroxylation is 1. The molecule has 0 bridgehead atoms. The number of nitrogens with zero attached hydrogens (tertiary/aromatic N) is 5. The van der Waals surface area contributed by atoms with Gasteiger partial charge < -0.3 is 4.90 Å². The smallest absolute Gasteiger partial charge is 0.267 e. The molecule has 2 atom stereocenters. The number of hydrogen-bond donors (Lipinski definition) is 0. The minimum atomic E-state index is -0.251. The molecule has 0 aromatic carbocycles. The van der Waals surface area contributed by atoms with Gasteiger partial charge in [0.25, 0.3) is 5.56 Å². The van der Waals surface area contributed by atoms with Crippen molar-refractivity contribution >= 4 is 11.5 Å². The van der Waals surface area contributed by atoms with E-state index < -0.39 is 0 Å². The molecule has 0 N–H and O–H groups in total. The summed E-state index contributed by atoms with van der Waals surface area (Å²) in [6.45, 7) is 4.62. The molecular weight excluding hydrogens is 414 g/mol. The Labute approximate surface area is 193 Å². The average molecular weight is 444 g/mol. The lowest BCUT2D eigenvalue weighted by Gasteiger charge is -2.28. The second kappa shape index (κ2) is 8.89. The maximum absolute atomic E-state index is 13.3. The van der Waals surface area contributed by atoms with Crippen LogP contribution < -0.4 is 5.56 Å². The van der Waals surface area contributed by atoms with Crippen LogP contribution in [0.4, 0.5) is 0 Å². The van der Waals surface area contributed by atoms with Gasteiger partial charge in [0.15, 0.2) is 0 Å². The third-order valence-corrected chi connectivity index (χ3v) is 6.92. The van der Waals surface area contributed by atoms with Crippen LogP contribution in [0.25, 0.3) is 5.57 Å². The first-order valence-corrected chi connectivity index (χ1v) is 11.8. The first kappa shape index (κ1) is 21.5. The zero-order valence-corrected chi connectivity index (χ0v) is 19.2. The Balaban J connectivity index is 1.40. The number of carbonyl (C=O) groups excluding carboxylic acids is 1. The zero-order chi connectivity index (χ0) is 22.9. The minimum absolute atomic E-state index is 0.0571. The van der Waals surface area contributed by atoms with Crippen molar-refractivity contribution in [3.63, 3.8) is 0 Å². The van der Waals surface area contributed by atoms with Gasteiger partial charge in [0.1, 0.15) is 12.4 Å². The van der Waals surface area contributed by atoms with E-state index in [0.717, 1.165) is 48.5 Å². The molecule has 0 fully saturated rings. The summed E-state index contributed by atoms with van der Waals surface area (Å²) in [5.41, 5.74) is 4.98. The van der Waals surface area contributed by atoms with Crippen LogP contribution in [0.3, 0.4) is 0 Å². The van der Waals surface area contributed by atoms with Gasteiger partial charge in [-0.05, 0) is 73.8 Å². The van der Waals surface area contributed by atoms with Gasteiger partial charge in [-0.1, -0.05) is 19.1 Å². The van der Waals surface area contributed by atoms with Crippen molar-refractivity contribution in [1.82, 2.24) is 24.6 Å². The Morgan fingerprint density at radius 2 is 1.97 bits per heavy atom. The average Bonchev–Trinajstić information content (AvgIpc) is 3.26. The molecule has 7 heteroatoms. The molecule has 0 saturated carbocycles. The van der Waals surface area contributed by atoms with Gasteiger partial charge in [-0.3, -0.25) is 9.59 Å². The fourth-order valence-electron chi connectivity index (χ4n) is 5.18. The Hall–Kier alpha value is -3.35. The lowest BCUT2D eigenvalue weighted by atomic mass is 9.78. The van der Waals surface area contributed by atoms with Crippen LogP contribution >= 0.6 is 0 Å². The van der Waals surface area contributed by atoms with Crippen LogP contribution in [0.2, 0.25) is 0 Å². The Morgan fingerprint density at radius 1 is 1.15 bits per heavy atom. The van der Waals surface area contributed by atoms with Crippen molar-refractivity contribution in [3.05, 3.63) is 81.5 Å². The normalized spacial score (nSPS) is 22.4. The Kier molecular flexibility index (Phi) is 5.79. The third-order valence-electron chi connectivity index (χ3n) is 6.92. The van der Waals surface area contributed by atoms with Crippen molar-refractivity contribution in [2.24, 2.45) is 5.92 Å². The van der Waals surface area contributed by atoms with Crippen molar-refractivity contribution in [2.75, 3.05) is 6.54 Å². The summed E-state index contributed by atoms with van der Waals surface area (Å²) in [4.78, 5) is 36.3. The van der Waals surface area contributed by atoms with Crippen LogP contribution in [0, 0.1) is 12.8 Å². The topological polar surface area (TPSA) is 81.0 Å². The highest BCUT2D eigenvalue weighted by atomic mass is 16.2. The molecular formula is C26H29N5O2. The highest BCUT2D eigenvalue weighted by molar-refractivity contribution is 5.79. The number of aromatic nitrogens is 4. The van der Waals surface area contributed by atoms with Gasteiger partial charge >= 0.3 is 0 Å². The number of rotatable bonds is 4. The first-order chi connectivity index (χ1) is 16.0. The third kappa shape index (κ3) is 4.19. The molecule has 0 radical (unpaired) electrons. The van der Waals surface area contributed by atoms with Gasteiger partial charge in [-0.25, -0.2) is 14.6 Å². The number of allylic oxidation sites excluding steroid dienone is 4. The lowest BCUT2D eigenvalue weighted by Crippen LogP contribution is -2.35. The molecule has 7 nitrogen and oxygen atoms in total. The summed E-state index contributed by atoms with van der Waals surface area (Å²) in [6, 6.07) is 3.30. The number of amides is 1. The van der Waals surface area contributed by atoms with Crippen molar-refractivity contribution in [2.45, 2.75) is 58.4 Å². The highest BCUT2D eigenvalue weighted by Gasteiger charge is 2.35. The summed E-state index contributed by atoms with van der Waals surface area (Å²) >= 11 is 0. The molecule has 3 heterocycles. The maximum atomic E-state index is 13.3. The minimum Gasteiger partial charge on any atom is -0.311 e. The second-order valence-corrected chi connectivity index (χ2v) is 9.15. The molecule has 3 aliphatic rings. The van der Waals surface area contributed by atoms with Crippen LogP contribution in [0.1, 0.15) is 62.0 Å². The summed E-state index contributed by atoms with van der Waals surface area (Å²) in [5, 5.41) is 4.53. The molecule has 170 valence electrons. The fraction of sp³-hybridized carbons (Fsp3) is 0.423. The van der Waals surface area contributed by atoms with Gasteiger partial charge in [-0.2, -0.15) is 5.10 Å². The standard InChI is InChI=1S/C26H29N5O2/c1-17-8-10-23-21(26(17)20-14-27-18(2)28-15-20)12-13-30(23)25(33)16-31-24(32)11-9-22(29-31)19-6-4-3-5-7-19/h6,8-11,14-15,17,26H,3-5,7,12-13,16H2,1-2H3. The first-order valence-electron chi connectivity index (χ1n) is 11.8. The molecule has 0 spiro atoms. The van der Waals surface area contributed by atoms with E-state index in [9.17, 15) is 9.59 Å². The van der Waals surface area contributed by atoms with E-state index in [4.69, 9.17) is 0 Å². The monoisotopic (exact) mass is 443 g/mol. The number of hydrogen-bond acceptors (Lipinski definition) is 5. The van der Waals surface area contributed by atoms with E-state index in [1.54, 1.807) is 11.0 Å². The molecule has 2 unspecified atom stereocenters. The zero-order valence-electron chi connectivity index (χ0n) is 19.2. The summed E-state index contributed by atoms with van der Waals surface area (Å²) < 4.78 is 1.31. The van der Waals surface area contributed by atoms with Gasteiger partial charge in [-0.15, -0.1) is 0 Å². The van der Waals surface area contributed by atoms with E-state index in [1.807, 2.05) is 19.3 Å². The molecule has 2 aromatic heterocycles. The van der Waals surface area contributed by atoms with E-state index >= 15 is 0 Å². The molecule has 0 saturated heterocycles. The highest BCUT2D eigenvalue weighted by Crippen LogP contribution is 2.43.